The first kappa shape index (κ1) is 15.7. The molecule has 3 rings (SSSR count). The van der Waals surface area contributed by atoms with Crippen molar-refractivity contribution in [1.82, 2.24) is 10.3 Å². The normalized spacial score (nSPS) is 15.4. The molecule has 1 aliphatic carbocycles. The zero-order valence-corrected chi connectivity index (χ0v) is 12.8. The maximum Gasteiger partial charge on any atom is 0.220 e. The summed E-state index contributed by atoms with van der Waals surface area (Å²) in [7, 11) is 0. The van der Waals surface area contributed by atoms with Crippen LogP contribution in [0.3, 0.4) is 0 Å². The third-order valence-electron chi connectivity index (χ3n) is 4.05. The van der Waals surface area contributed by atoms with Crippen molar-refractivity contribution < 1.29 is 13.6 Å². The number of nitrogens with zero attached hydrogens (tertiary/aromatic N) is 1. The number of nitrogens with one attached hydrogen (secondary N) is 1. The third kappa shape index (κ3) is 3.96. The van der Waals surface area contributed by atoms with Gasteiger partial charge in [-0.3, -0.25) is 4.79 Å². The minimum Gasteiger partial charge on any atom is -0.441 e. The number of hydrogen-bond donors (Lipinski definition) is 2. The molecule has 0 bridgehead atoms. The number of amides is 1. The number of hydrogen-bond acceptors (Lipinski definition) is 4. The Kier molecular flexibility index (Phi) is 4.71. The molecule has 6 heteroatoms. The lowest BCUT2D eigenvalue weighted by molar-refractivity contribution is -0.121. The van der Waals surface area contributed by atoms with E-state index in [1.807, 2.05) is 0 Å². The lowest BCUT2D eigenvalue weighted by Crippen LogP contribution is -2.41. The average molecular weight is 317 g/mol. The molecule has 3 N–H and O–H groups in total. The second-order valence-corrected chi connectivity index (χ2v) is 5.85. The quantitative estimate of drug-likeness (QED) is 0.821. The van der Waals surface area contributed by atoms with E-state index in [0.717, 1.165) is 12.8 Å². The van der Waals surface area contributed by atoms with Crippen LogP contribution in [0.2, 0.25) is 0 Å². The van der Waals surface area contributed by atoms with Gasteiger partial charge in [0.15, 0.2) is 11.7 Å². The van der Waals surface area contributed by atoms with E-state index in [1.54, 1.807) is 18.2 Å². The molecule has 0 saturated heterocycles. The highest BCUT2D eigenvalue weighted by molar-refractivity contribution is 5.76. The topological polar surface area (TPSA) is 81.1 Å². The van der Waals surface area contributed by atoms with Crippen LogP contribution in [0.25, 0.3) is 11.3 Å². The van der Waals surface area contributed by atoms with Crippen LogP contribution in [0, 0.1) is 11.7 Å². The Hall–Kier alpha value is -2.21. The number of benzene rings is 1. The van der Waals surface area contributed by atoms with Gasteiger partial charge in [0.05, 0.1) is 11.8 Å². The van der Waals surface area contributed by atoms with Crippen molar-refractivity contribution in [2.45, 2.75) is 31.7 Å². The van der Waals surface area contributed by atoms with E-state index in [0.29, 0.717) is 36.1 Å². The van der Waals surface area contributed by atoms with Gasteiger partial charge in [-0.05, 0) is 30.9 Å². The number of rotatable bonds is 7. The molecule has 1 atom stereocenters. The maximum atomic E-state index is 13.7. The summed E-state index contributed by atoms with van der Waals surface area (Å²) >= 11 is 0. The predicted molar refractivity (Wildman–Crippen MR) is 83.9 cm³/mol. The molecule has 0 radical (unpaired) electrons. The van der Waals surface area contributed by atoms with Crippen LogP contribution in [0.4, 0.5) is 4.39 Å². The Morgan fingerprint density at radius 2 is 2.22 bits per heavy atom. The van der Waals surface area contributed by atoms with Crippen LogP contribution in [0.1, 0.15) is 25.2 Å². The zero-order valence-electron chi connectivity index (χ0n) is 12.8. The molecule has 1 saturated carbocycles. The minimum absolute atomic E-state index is 0.0574. The van der Waals surface area contributed by atoms with Crippen LogP contribution >= 0.6 is 0 Å². The third-order valence-corrected chi connectivity index (χ3v) is 4.05. The second kappa shape index (κ2) is 6.91. The van der Waals surface area contributed by atoms with Crippen molar-refractivity contribution in [1.29, 1.82) is 0 Å². The molecule has 0 aliphatic heterocycles. The van der Waals surface area contributed by atoms with Crippen molar-refractivity contribution in [3.8, 4) is 11.3 Å². The summed E-state index contributed by atoms with van der Waals surface area (Å²) in [5, 5.41) is 2.95. The molecule has 23 heavy (non-hydrogen) atoms. The van der Waals surface area contributed by atoms with E-state index >= 15 is 0 Å². The number of halogens is 1. The molecule has 1 aromatic carbocycles. The van der Waals surface area contributed by atoms with Gasteiger partial charge in [-0.2, -0.15) is 0 Å². The number of aromatic nitrogens is 1. The number of oxazole rings is 1. The molecule has 1 aromatic heterocycles. The molecule has 2 aromatic rings. The van der Waals surface area contributed by atoms with E-state index in [-0.39, 0.29) is 24.2 Å². The van der Waals surface area contributed by atoms with Gasteiger partial charge in [0, 0.05) is 25.4 Å². The fraction of sp³-hybridized carbons (Fsp3) is 0.412. The molecule has 1 unspecified atom stereocenters. The monoisotopic (exact) mass is 317 g/mol. The van der Waals surface area contributed by atoms with Gasteiger partial charge in [-0.1, -0.05) is 12.1 Å². The van der Waals surface area contributed by atoms with Crippen molar-refractivity contribution in [3.63, 3.8) is 0 Å². The highest BCUT2D eigenvalue weighted by Crippen LogP contribution is 2.32. The zero-order chi connectivity index (χ0) is 16.2. The minimum atomic E-state index is -0.358. The summed E-state index contributed by atoms with van der Waals surface area (Å²) in [5.74, 6) is 0.907. The Morgan fingerprint density at radius 1 is 1.43 bits per heavy atom. The first-order valence-corrected chi connectivity index (χ1v) is 7.86. The molecule has 1 fully saturated rings. The molecule has 122 valence electrons. The first-order chi connectivity index (χ1) is 11.2. The second-order valence-electron chi connectivity index (χ2n) is 5.85. The molecule has 5 nitrogen and oxygen atoms in total. The van der Waals surface area contributed by atoms with Crippen LogP contribution in [-0.2, 0) is 11.2 Å². The fourth-order valence-electron chi connectivity index (χ4n) is 2.58. The Balaban J connectivity index is 1.55. The van der Waals surface area contributed by atoms with Crippen LogP contribution in [0.15, 0.2) is 34.9 Å². The fourth-order valence-corrected chi connectivity index (χ4v) is 2.58. The summed E-state index contributed by atoms with van der Waals surface area (Å²) in [6.45, 7) is 0.465. The van der Waals surface area contributed by atoms with Gasteiger partial charge in [-0.15, -0.1) is 0 Å². The molecule has 0 spiro atoms. The predicted octanol–water partition coefficient (Wildman–Crippen LogP) is 2.27. The molecule has 1 heterocycles. The number of nitrogens with two attached hydrogens (primary N) is 1. The lowest BCUT2D eigenvalue weighted by atomic mass is 10.1. The molecular weight excluding hydrogens is 297 g/mol. The smallest absolute Gasteiger partial charge is 0.220 e. The van der Waals surface area contributed by atoms with Gasteiger partial charge in [0.1, 0.15) is 5.82 Å². The summed E-state index contributed by atoms with van der Waals surface area (Å²) in [6, 6.07) is 6.43. The van der Waals surface area contributed by atoms with Gasteiger partial charge in [0.2, 0.25) is 5.91 Å². The summed E-state index contributed by atoms with van der Waals surface area (Å²) in [6.07, 6.45) is 4.41. The Labute approximate surface area is 134 Å². The van der Waals surface area contributed by atoms with Crippen LogP contribution in [-0.4, -0.2) is 23.5 Å². The van der Waals surface area contributed by atoms with Crippen molar-refractivity contribution in [2.75, 3.05) is 6.54 Å². The van der Waals surface area contributed by atoms with Crippen molar-refractivity contribution in [2.24, 2.45) is 11.7 Å². The van der Waals surface area contributed by atoms with Gasteiger partial charge >= 0.3 is 0 Å². The Bertz CT molecular complexity index is 682. The van der Waals surface area contributed by atoms with E-state index < -0.39 is 0 Å². The maximum absolute atomic E-state index is 13.7. The summed E-state index contributed by atoms with van der Waals surface area (Å²) in [5.41, 5.74) is 6.04. The van der Waals surface area contributed by atoms with E-state index in [1.165, 1.54) is 12.3 Å². The lowest BCUT2D eigenvalue weighted by Gasteiger charge is -2.15. The molecule has 1 aliphatic rings. The van der Waals surface area contributed by atoms with Crippen molar-refractivity contribution >= 4 is 5.91 Å². The van der Waals surface area contributed by atoms with Crippen LogP contribution < -0.4 is 11.1 Å². The summed E-state index contributed by atoms with van der Waals surface area (Å²) < 4.78 is 19.2. The van der Waals surface area contributed by atoms with Gasteiger partial charge in [0.25, 0.3) is 0 Å². The van der Waals surface area contributed by atoms with E-state index in [2.05, 4.69) is 10.3 Å². The standard InChI is InChI=1S/C17H20FN3O2/c18-13-4-2-1-3-12(13)15-10-20-17(23-15)8-7-16(22)21-14(9-19)11-5-6-11/h1-4,10-11,14H,5-9,19H2,(H,21,22). The van der Waals surface area contributed by atoms with Crippen LogP contribution in [0.5, 0.6) is 0 Å². The van der Waals surface area contributed by atoms with Gasteiger partial charge < -0.3 is 15.5 Å². The number of aryl methyl sites for hydroxylation is 1. The Morgan fingerprint density at radius 3 is 2.91 bits per heavy atom. The average Bonchev–Trinajstić information content (AvgIpc) is 3.29. The van der Waals surface area contributed by atoms with Crippen molar-refractivity contribution in [3.05, 3.63) is 42.2 Å². The largest absolute Gasteiger partial charge is 0.441 e. The van der Waals surface area contributed by atoms with E-state index in [9.17, 15) is 9.18 Å². The highest BCUT2D eigenvalue weighted by Gasteiger charge is 2.31. The SMILES string of the molecule is NCC(NC(=O)CCc1ncc(-c2ccccc2F)o1)C1CC1. The first-order valence-electron chi connectivity index (χ1n) is 7.86. The molecular formula is C17H20FN3O2. The number of carbonyl (C=O) groups excluding carboxylic acids is 1. The summed E-state index contributed by atoms with van der Waals surface area (Å²) in [4.78, 5) is 16.1. The van der Waals surface area contributed by atoms with Gasteiger partial charge in [-0.25, -0.2) is 9.37 Å². The van der Waals surface area contributed by atoms with E-state index in [4.69, 9.17) is 10.2 Å². The molecule has 1 amide bonds. The highest BCUT2D eigenvalue weighted by atomic mass is 19.1. The number of carbonyl (C=O) groups is 1.